The minimum Gasteiger partial charge on any atom is -0.387 e. The number of anilines is 1. The van der Waals surface area contributed by atoms with Crippen LogP contribution in [0.15, 0.2) is 12.7 Å². The van der Waals surface area contributed by atoms with E-state index in [-0.39, 0.29) is 17.0 Å². The molecule has 4 atom stereocenters. The first-order chi connectivity index (χ1) is 12.5. The van der Waals surface area contributed by atoms with E-state index in [2.05, 4.69) is 24.0 Å². The Hall–Kier alpha value is -1.51. The molecule has 0 spiro atoms. The molecule has 1 aliphatic rings. The topological polar surface area (TPSA) is 233 Å². The number of nitrogens with zero attached hydrogens (tertiary/aromatic N) is 4. The minimum absolute atomic E-state index is 0.0335. The normalized spacial score (nSPS) is 26.7. The number of fused-ring (bicyclic) bond motifs is 1. The van der Waals surface area contributed by atoms with Gasteiger partial charge in [-0.15, -0.1) is 0 Å². The van der Waals surface area contributed by atoms with Crippen LogP contribution >= 0.6 is 15.6 Å². The van der Waals surface area contributed by atoms with E-state index < -0.39 is 46.8 Å². The maximum Gasteiger partial charge on any atom is 0.470 e. The summed E-state index contributed by atoms with van der Waals surface area (Å²) in [4.78, 5) is 47.5. The Bertz CT molecular complexity index is 926. The number of imidazole rings is 1. The summed E-state index contributed by atoms with van der Waals surface area (Å²) >= 11 is 0. The van der Waals surface area contributed by atoms with Gasteiger partial charge in [-0.25, -0.2) is 24.1 Å². The standard InChI is InChI=1S/C10H15N5O10P2/c11-8-5-9(13-2-12-8)15(3-14-5)10-7(25-27(20,21)22)6(16)4(24-10)1-23-26(17,18)19/h2-4,6-7,10,16H,1H2,(H2,11,12,13)(H2,17,18,19)(H2,20,21,22)/t4-,6-,7-,10-/m1/s1. The van der Waals surface area contributed by atoms with Crippen LogP contribution in [-0.4, -0.2) is 69.1 Å². The molecule has 0 radical (unpaired) electrons. The van der Waals surface area contributed by atoms with Gasteiger partial charge in [-0.05, 0) is 0 Å². The number of nitrogen functional groups attached to an aromatic ring is 1. The van der Waals surface area contributed by atoms with E-state index in [0.717, 1.165) is 6.33 Å². The van der Waals surface area contributed by atoms with E-state index in [0.29, 0.717) is 0 Å². The largest absolute Gasteiger partial charge is 0.470 e. The number of hydrogen-bond donors (Lipinski definition) is 6. The predicted octanol–water partition coefficient (Wildman–Crippen LogP) is -1.75. The Morgan fingerprint density at radius 3 is 2.52 bits per heavy atom. The number of phosphoric acid groups is 2. The maximum atomic E-state index is 11.3. The lowest BCUT2D eigenvalue weighted by Crippen LogP contribution is -2.35. The molecule has 3 rings (SSSR count). The van der Waals surface area contributed by atoms with Crippen molar-refractivity contribution in [3.8, 4) is 0 Å². The highest BCUT2D eigenvalue weighted by Crippen LogP contribution is 2.46. The fourth-order valence-corrected chi connectivity index (χ4v) is 3.47. The SMILES string of the molecule is Nc1ncnc2c1ncn2[C@@H]1O[C@H](COP(=O)(O)O)[C@@H](O)[C@H]1OP(=O)(O)O. The van der Waals surface area contributed by atoms with Crippen LogP contribution in [0.3, 0.4) is 0 Å². The lowest BCUT2D eigenvalue weighted by molar-refractivity contribution is -0.0498. The number of aliphatic hydroxyl groups excluding tert-OH is 1. The zero-order valence-corrected chi connectivity index (χ0v) is 15.0. The molecule has 0 unspecified atom stereocenters. The summed E-state index contributed by atoms with van der Waals surface area (Å²) in [5, 5.41) is 10.3. The van der Waals surface area contributed by atoms with Crippen LogP contribution in [0, 0.1) is 0 Å². The van der Waals surface area contributed by atoms with Gasteiger partial charge in [0, 0.05) is 0 Å². The summed E-state index contributed by atoms with van der Waals surface area (Å²) in [6.07, 6.45) is -3.78. The number of phosphoric ester groups is 2. The van der Waals surface area contributed by atoms with Crippen LogP contribution in [0.1, 0.15) is 6.23 Å². The summed E-state index contributed by atoms with van der Waals surface area (Å²) < 4.78 is 37.7. The molecule has 1 saturated heterocycles. The van der Waals surface area contributed by atoms with Gasteiger partial charge in [-0.3, -0.25) is 13.6 Å². The van der Waals surface area contributed by atoms with Crippen LogP contribution in [0.5, 0.6) is 0 Å². The molecule has 1 aliphatic heterocycles. The Kier molecular flexibility index (Phi) is 5.35. The van der Waals surface area contributed by atoms with Gasteiger partial charge in [0.15, 0.2) is 17.7 Å². The highest BCUT2D eigenvalue weighted by Gasteiger charge is 2.49. The van der Waals surface area contributed by atoms with Crippen LogP contribution in [-0.2, 0) is 22.9 Å². The molecule has 27 heavy (non-hydrogen) atoms. The fourth-order valence-electron chi connectivity index (χ4n) is 2.58. The van der Waals surface area contributed by atoms with Crippen molar-refractivity contribution >= 4 is 32.6 Å². The third kappa shape index (κ3) is 4.50. The molecule has 0 aromatic carbocycles. The predicted molar refractivity (Wildman–Crippen MR) is 84.6 cm³/mol. The molecule has 0 bridgehead atoms. The van der Waals surface area contributed by atoms with Gasteiger partial charge in [-0.2, -0.15) is 0 Å². The van der Waals surface area contributed by atoms with E-state index in [9.17, 15) is 14.2 Å². The molecule has 0 aliphatic carbocycles. The van der Waals surface area contributed by atoms with Crippen LogP contribution in [0.4, 0.5) is 5.82 Å². The quantitative estimate of drug-likeness (QED) is 0.281. The second kappa shape index (κ2) is 7.14. The highest BCUT2D eigenvalue weighted by atomic mass is 31.2. The Morgan fingerprint density at radius 2 is 1.89 bits per heavy atom. The molecule has 0 saturated carbocycles. The third-order valence-corrected chi connectivity index (χ3v) is 4.64. The molecule has 2 aromatic heterocycles. The van der Waals surface area contributed by atoms with Crippen molar-refractivity contribution in [3.05, 3.63) is 12.7 Å². The summed E-state index contributed by atoms with van der Waals surface area (Å²) in [5.74, 6) is 0.0335. The van der Waals surface area contributed by atoms with Crippen molar-refractivity contribution in [1.82, 2.24) is 19.5 Å². The molecule has 150 valence electrons. The average molecular weight is 427 g/mol. The van der Waals surface area contributed by atoms with Gasteiger partial charge in [0.2, 0.25) is 0 Å². The summed E-state index contributed by atoms with van der Waals surface area (Å²) in [7, 11) is -9.94. The minimum atomic E-state index is -5.06. The van der Waals surface area contributed by atoms with E-state index in [4.69, 9.17) is 30.0 Å². The number of rotatable bonds is 6. The van der Waals surface area contributed by atoms with Crippen LogP contribution in [0.2, 0.25) is 0 Å². The van der Waals surface area contributed by atoms with Crippen molar-refractivity contribution in [3.63, 3.8) is 0 Å². The zero-order valence-electron chi connectivity index (χ0n) is 13.2. The number of ether oxygens (including phenoxy) is 1. The van der Waals surface area contributed by atoms with Gasteiger partial charge < -0.3 is 35.2 Å². The first kappa shape index (κ1) is 20.2. The van der Waals surface area contributed by atoms with E-state index in [1.807, 2.05) is 0 Å². The fraction of sp³-hybridized carbons (Fsp3) is 0.500. The number of aromatic nitrogens is 4. The van der Waals surface area contributed by atoms with Gasteiger partial charge in [0.05, 0.1) is 12.9 Å². The Morgan fingerprint density at radius 1 is 1.19 bits per heavy atom. The second-order valence-electron chi connectivity index (χ2n) is 5.49. The number of hydrogen-bond acceptors (Lipinski definition) is 10. The molecule has 1 fully saturated rings. The molecule has 3 heterocycles. The van der Waals surface area contributed by atoms with E-state index >= 15 is 0 Å². The average Bonchev–Trinajstić information content (AvgIpc) is 3.07. The van der Waals surface area contributed by atoms with Crippen LogP contribution < -0.4 is 5.73 Å². The lowest BCUT2D eigenvalue weighted by atomic mass is 10.1. The van der Waals surface area contributed by atoms with Gasteiger partial charge >= 0.3 is 15.6 Å². The lowest BCUT2D eigenvalue weighted by Gasteiger charge is -2.22. The monoisotopic (exact) mass is 427 g/mol. The first-order valence-electron chi connectivity index (χ1n) is 7.17. The maximum absolute atomic E-state index is 11.3. The van der Waals surface area contributed by atoms with Crippen molar-refractivity contribution in [2.45, 2.75) is 24.5 Å². The summed E-state index contributed by atoms with van der Waals surface area (Å²) in [6.45, 7) is -0.771. The van der Waals surface area contributed by atoms with Gasteiger partial charge in [0.1, 0.15) is 30.2 Å². The first-order valence-corrected chi connectivity index (χ1v) is 10.2. The van der Waals surface area contributed by atoms with Gasteiger partial charge in [0.25, 0.3) is 0 Å². The molecule has 17 heteroatoms. The molecular formula is C10H15N5O10P2. The van der Waals surface area contributed by atoms with Crippen molar-refractivity contribution in [1.29, 1.82) is 0 Å². The smallest absolute Gasteiger partial charge is 0.387 e. The molecular weight excluding hydrogens is 412 g/mol. The Balaban J connectivity index is 1.95. The molecule has 0 amide bonds. The van der Waals surface area contributed by atoms with E-state index in [1.54, 1.807) is 0 Å². The molecule has 15 nitrogen and oxygen atoms in total. The zero-order chi connectivity index (χ0) is 20.0. The third-order valence-electron chi connectivity index (χ3n) is 3.64. The second-order valence-corrected chi connectivity index (χ2v) is 7.92. The number of aliphatic hydroxyl groups is 1. The number of nitrogens with two attached hydrogens (primary N) is 1. The molecule has 7 N–H and O–H groups in total. The van der Waals surface area contributed by atoms with E-state index in [1.165, 1.54) is 10.9 Å². The Labute approximate surface area is 150 Å². The van der Waals surface area contributed by atoms with Crippen molar-refractivity contribution in [2.75, 3.05) is 12.3 Å². The van der Waals surface area contributed by atoms with Crippen molar-refractivity contribution in [2.24, 2.45) is 0 Å². The summed E-state index contributed by atoms with van der Waals surface area (Å²) in [5.41, 5.74) is 5.96. The van der Waals surface area contributed by atoms with Crippen molar-refractivity contribution < 1.29 is 47.6 Å². The summed E-state index contributed by atoms with van der Waals surface area (Å²) in [6, 6.07) is 0. The van der Waals surface area contributed by atoms with Gasteiger partial charge in [-0.1, -0.05) is 0 Å². The highest BCUT2D eigenvalue weighted by molar-refractivity contribution is 7.46. The molecule has 2 aromatic rings. The van der Waals surface area contributed by atoms with Crippen LogP contribution in [0.25, 0.3) is 11.2 Å².